The van der Waals surface area contributed by atoms with Crippen LogP contribution in [0.25, 0.3) is 0 Å². The first-order valence-corrected chi connectivity index (χ1v) is 6.37. The Hall–Kier alpha value is -2.82. The lowest BCUT2D eigenvalue weighted by molar-refractivity contribution is 0.0955. The lowest BCUT2D eigenvalue weighted by Gasteiger charge is -2.03. The van der Waals surface area contributed by atoms with Gasteiger partial charge in [0.2, 0.25) is 0 Å². The van der Waals surface area contributed by atoms with Gasteiger partial charge >= 0.3 is 0 Å². The Bertz CT molecular complexity index is 664. The van der Waals surface area contributed by atoms with E-state index >= 15 is 0 Å². The molecule has 0 bridgehead atoms. The highest BCUT2D eigenvalue weighted by molar-refractivity contribution is 5.95. The van der Waals surface area contributed by atoms with Crippen LogP contribution in [0.3, 0.4) is 0 Å². The highest BCUT2D eigenvalue weighted by atomic mass is 16.5. The molecule has 2 aromatic carbocycles. The SMILES string of the molecule is COc1ccc(/C=N\NC(=O)c2ccc(C)cc2)c(O)c1. The van der Waals surface area contributed by atoms with Gasteiger partial charge in [-0.05, 0) is 31.2 Å². The number of phenols is 1. The number of benzene rings is 2. The Kier molecular flexibility index (Phi) is 4.56. The molecule has 0 spiro atoms. The van der Waals surface area contributed by atoms with E-state index in [2.05, 4.69) is 10.5 Å². The first-order chi connectivity index (χ1) is 10.1. The minimum absolute atomic E-state index is 0.0303. The van der Waals surface area contributed by atoms with Gasteiger partial charge in [0.25, 0.3) is 5.91 Å². The molecule has 108 valence electrons. The third kappa shape index (κ3) is 3.82. The van der Waals surface area contributed by atoms with Crippen molar-refractivity contribution in [2.24, 2.45) is 5.10 Å². The molecule has 0 aliphatic carbocycles. The van der Waals surface area contributed by atoms with Gasteiger partial charge in [-0.15, -0.1) is 0 Å². The van der Waals surface area contributed by atoms with E-state index in [4.69, 9.17) is 4.74 Å². The van der Waals surface area contributed by atoms with Crippen molar-refractivity contribution in [1.82, 2.24) is 5.43 Å². The Labute approximate surface area is 122 Å². The van der Waals surface area contributed by atoms with Crippen molar-refractivity contribution in [2.45, 2.75) is 6.92 Å². The molecule has 0 aliphatic rings. The summed E-state index contributed by atoms with van der Waals surface area (Å²) in [7, 11) is 1.52. The molecular weight excluding hydrogens is 268 g/mol. The number of aryl methyl sites for hydroxylation is 1. The quantitative estimate of drug-likeness (QED) is 0.669. The molecule has 2 rings (SSSR count). The number of phenolic OH excluding ortho intramolecular Hbond substituents is 1. The van der Waals surface area contributed by atoms with Crippen LogP contribution in [0.15, 0.2) is 47.6 Å². The molecule has 0 radical (unpaired) electrons. The number of hydrogen-bond donors (Lipinski definition) is 2. The number of carbonyl (C=O) groups excluding carboxylic acids is 1. The van der Waals surface area contributed by atoms with Gasteiger partial charge in [0.05, 0.1) is 13.3 Å². The zero-order chi connectivity index (χ0) is 15.2. The highest BCUT2D eigenvalue weighted by Crippen LogP contribution is 2.21. The molecule has 2 N–H and O–H groups in total. The summed E-state index contributed by atoms with van der Waals surface area (Å²) in [5.41, 5.74) is 4.50. The third-order valence-corrected chi connectivity index (χ3v) is 2.92. The van der Waals surface area contributed by atoms with Crippen LogP contribution in [0.1, 0.15) is 21.5 Å². The van der Waals surface area contributed by atoms with Crippen molar-refractivity contribution in [3.8, 4) is 11.5 Å². The molecule has 0 saturated heterocycles. The average Bonchev–Trinajstić information content (AvgIpc) is 2.49. The van der Waals surface area contributed by atoms with Crippen LogP contribution >= 0.6 is 0 Å². The van der Waals surface area contributed by atoms with Crippen molar-refractivity contribution in [1.29, 1.82) is 0 Å². The van der Waals surface area contributed by atoms with Gasteiger partial charge in [0, 0.05) is 17.2 Å². The van der Waals surface area contributed by atoms with Gasteiger partial charge < -0.3 is 9.84 Å². The fraction of sp³-hybridized carbons (Fsp3) is 0.125. The van der Waals surface area contributed by atoms with Crippen LogP contribution in [0.4, 0.5) is 0 Å². The summed E-state index contributed by atoms with van der Waals surface area (Å²) in [4.78, 5) is 11.8. The molecule has 0 aliphatic heterocycles. The third-order valence-electron chi connectivity index (χ3n) is 2.92. The normalized spacial score (nSPS) is 10.6. The van der Waals surface area contributed by atoms with Gasteiger partial charge in [-0.1, -0.05) is 17.7 Å². The predicted molar refractivity (Wildman–Crippen MR) is 80.9 cm³/mol. The molecule has 1 amide bonds. The van der Waals surface area contributed by atoms with Crippen LogP contribution < -0.4 is 10.2 Å². The monoisotopic (exact) mass is 284 g/mol. The van der Waals surface area contributed by atoms with Gasteiger partial charge in [0.1, 0.15) is 11.5 Å². The lowest BCUT2D eigenvalue weighted by Crippen LogP contribution is -2.17. The highest BCUT2D eigenvalue weighted by Gasteiger charge is 2.04. The van der Waals surface area contributed by atoms with Crippen molar-refractivity contribution in [3.05, 3.63) is 59.2 Å². The Morgan fingerprint density at radius 1 is 1.24 bits per heavy atom. The minimum atomic E-state index is -0.306. The molecular formula is C16H16N2O3. The van der Waals surface area contributed by atoms with Crippen LogP contribution in [-0.2, 0) is 0 Å². The van der Waals surface area contributed by atoms with E-state index in [-0.39, 0.29) is 11.7 Å². The first kappa shape index (κ1) is 14.6. The smallest absolute Gasteiger partial charge is 0.271 e. The summed E-state index contributed by atoms with van der Waals surface area (Å²) in [6.07, 6.45) is 1.38. The topological polar surface area (TPSA) is 70.9 Å². The number of rotatable bonds is 4. The average molecular weight is 284 g/mol. The Morgan fingerprint density at radius 2 is 1.95 bits per heavy atom. The van der Waals surface area contributed by atoms with E-state index in [9.17, 15) is 9.90 Å². The summed E-state index contributed by atoms with van der Waals surface area (Å²) in [5, 5.41) is 13.6. The zero-order valence-corrected chi connectivity index (χ0v) is 11.8. The van der Waals surface area contributed by atoms with Gasteiger partial charge in [0.15, 0.2) is 0 Å². The summed E-state index contributed by atoms with van der Waals surface area (Å²) in [6.45, 7) is 1.95. The largest absolute Gasteiger partial charge is 0.507 e. The van der Waals surface area contributed by atoms with Crippen molar-refractivity contribution in [2.75, 3.05) is 7.11 Å². The minimum Gasteiger partial charge on any atom is -0.507 e. The fourth-order valence-electron chi connectivity index (χ4n) is 1.69. The molecule has 5 heteroatoms. The van der Waals surface area contributed by atoms with E-state index in [0.29, 0.717) is 16.9 Å². The molecule has 5 nitrogen and oxygen atoms in total. The molecule has 0 heterocycles. The molecule has 21 heavy (non-hydrogen) atoms. The van der Waals surface area contributed by atoms with Crippen molar-refractivity contribution < 1.29 is 14.6 Å². The van der Waals surface area contributed by atoms with Crippen molar-refractivity contribution in [3.63, 3.8) is 0 Å². The number of carbonyl (C=O) groups is 1. The van der Waals surface area contributed by atoms with E-state index < -0.39 is 0 Å². The second kappa shape index (κ2) is 6.56. The number of ether oxygens (including phenoxy) is 1. The number of methoxy groups -OCH3 is 1. The summed E-state index contributed by atoms with van der Waals surface area (Å²) < 4.78 is 4.99. The second-order valence-electron chi connectivity index (χ2n) is 4.49. The van der Waals surface area contributed by atoms with Crippen molar-refractivity contribution >= 4 is 12.1 Å². The van der Waals surface area contributed by atoms with Crippen LogP contribution in [0.5, 0.6) is 11.5 Å². The van der Waals surface area contributed by atoms with Crippen LogP contribution in [-0.4, -0.2) is 24.3 Å². The molecule has 0 fully saturated rings. The Morgan fingerprint density at radius 3 is 2.57 bits per heavy atom. The first-order valence-electron chi connectivity index (χ1n) is 6.37. The lowest BCUT2D eigenvalue weighted by atomic mass is 10.1. The van der Waals surface area contributed by atoms with Crippen LogP contribution in [0.2, 0.25) is 0 Å². The molecule has 2 aromatic rings. The number of nitrogens with zero attached hydrogens (tertiary/aromatic N) is 1. The number of hydrogen-bond acceptors (Lipinski definition) is 4. The van der Waals surface area contributed by atoms with E-state index in [1.54, 1.807) is 24.3 Å². The fourth-order valence-corrected chi connectivity index (χ4v) is 1.69. The summed E-state index contributed by atoms with van der Waals surface area (Å²) in [5.74, 6) is 0.273. The van der Waals surface area contributed by atoms with Gasteiger partial charge in [-0.3, -0.25) is 4.79 Å². The van der Waals surface area contributed by atoms with E-state index in [0.717, 1.165) is 5.56 Å². The van der Waals surface area contributed by atoms with Gasteiger partial charge in [-0.25, -0.2) is 5.43 Å². The Balaban J connectivity index is 2.02. The maximum Gasteiger partial charge on any atom is 0.271 e. The summed E-state index contributed by atoms with van der Waals surface area (Å²) >= 11 is 0. The molecule has 0 saturated carbocycles. The zero-order valence-electron chi connectivity index (χ0n) is 11.8. The maximum absolute atomic E-state index is 11.8. The number of nitrogens with one attached hydrogen (secondary N) is 1. The number of hydrazone groups is 1. The van der Waals surface area contributed by atoms with E-state index in [1.807, 2.05) is 19.1 Å². The van der Waals surface area contributed by atoms with E-state index in [1.165, 1.54) is 19.4 Å². The molecule has 0 atom stereocenters. The second-order valence-corrected chi connectivity index (χ2v) is 4.49. The van der Waals surface area contributed by atoms with Crippen LogP contribution in [0, 0.1) is 6.92 Å². The predicted octanol–water partition coefficient (Wildman–Crippen LogP) is 2.47. The number of aromatic hydroxyl groups is 1. The summed E-state index contributed by atoms with van der Waals surface area (Å²) in [6, 6.07) is 12.0. The number of amides is 1. The van der Waals surface area contributed by atoms with Gasteiger partial charge in [-0.2, -0.15) is 5.10 Å². The molecule has 0 aromatic heterocycles. The molecule has 0 unspecified atom stereocenters. The standard InChI is InChI=1S/C16H16N2O3/c1-11-3-5-12(6-4-11)16(20)18-17-10-13-7-8-14(21-2)9-15(13)19/h3-10,19H,1-2H3,(H,18,20)/b17-10-. The maximum atomic E-state index is 11.8.